The number of ether oxygens (including phenoxy) is 2. The summed E-state index contributed by atoms with van der Waals surface area (Å²) >= 11 is 0. The van der Waals surface area contributed by atoms with Crippen LogP contribution in [0.3, 0.4) is 0 Å². The van der Waals surface area contributed by atoms with E-state index in [1.54, 1.807) is 13.8 Å². The van der Waals surface area contributed by atoms with Gasteiger partial charge in [-0.25, -0.2) is 9.18 Å². The zero-order valence-electron chi connectivity index (χ0n) is 17.1. The summed E-state index contributed by atoms with van der Waals surface area (Å²) in [6.45, 7) is 2.73. The summed E-state index contributed by atoms with van der Waals surface area (Å²) in [5.74, 6) is -3.76. The minimum atomic E-state index is -2.68. The number of aromatic amines is 1. The molecule has 0 radical (unpaired) electrons. The molecule has 1 aromatic rings. The third kappa shape index (κ3) is 4.07. The summed E-state index contributed by atoms with van der Waals surface area (Å²) in [6.07, 6.45) is -1.18. The predicted molar refractivity (Wildman–Crippen MR) is 108 cm³/mol. The Labute approximate surface area is 168 Å². The molecule has 2 heterocycles. The molecule has 5 N–H and O–H groups in total. The standard InChI is InChI=1S/C15H25B3FN3O7/c1-6(2)9(20)11(26)28-15(17,18)13(19)3-8(24)14(16,29-13)22-4-7(5-23)10(25)21-12(22)27/h4,6,8-9,23-24H,3,5,16-18,20H2,1-2H3,(H,21,25,27)/t8-,9+,13+,14+/m1/s1. The van der Waals surface area contributed by atoms with Crippen molar-refractivity contribution in [2.45, 2.75) is 55.9 Å². The number of esters is 1. The lowest BCUT2D eigenvalue weighted by molar-refractivity contribution is -0.232. The highest BCUT2D eigenvalue weighted by Crippen LogP contribution is 2.45. The van der Waals surface area contributed by atoms with Gasteiger partial charge in [0.25, 0.3) is 5.56 Å². The average molecular weight is 411 g/mol. The van der Waals surface area contributed by atoms with Crippen molar-refractivity contribution < 1.29 is 28.9 Å². The van der Waals surface area contributed by atoms with Gasteiger partial charge in [0.05, 0.1) is 23.7 Å². The van der Waals surface area contributed by atoms with Crippen LogP contribution in [0, 0.1) is 5.92 Å². The van der Waals surface area contributed by atoms with Crippen LogP contribution >= 0.6 is 0 Å². The monoisotopic (exact) mass is 411 g/mol. The van der Waals surface area contributed by atoms with E-state index in [0.717, 1.165) is 10.8 Å². The zero-order valence-corrected chi connectivity index (χ0v) is 17.1. The van der Waals surface area contributed by atoms with Gasteiger partial charge >= 0.3 is 11.7 Å². The lowest BCUT2D eigenvalue weighted by Crippen LogP contribution is -2.59. The SMILES string of the molecule is BC(B)(OC(=O)[C@@H](N)C(C)C)[C@]1(F)C[C@@H](O)[C@](B)(n2cc(CO)c(=O)[nH]c2=O)O1. The van der Waals surface area contributed by atoms with Crippen molar-refractivity contribution in [2.75, 3.05) is 0 Å². The van der Waals surface area contributed by atoms with Crippen molar-refractivity contribution in [3.63, 3.8) is 0 Å². The first-order valence-electron chi connectivity index (χ1n) is 9.20. The summed E-state index contributed by atoms with van der Waals surface area (Å²) < 4.78 is 27.3. The van der Waals surface area contributed by atoms with Gasteiger partial charge < -0.3 is 25.4 Å². The molecule has 1 aliphatic rings. The second kappa shape index (κ2) is 7.75. The molecule has 4 atom stereocenters. The van der Waals surface area contributed by atoms with E-state index in [4.69, 9.17) is 15.2 Å². The van der Waals surface area contributed by atoms with Crippen LogP contribution in [0.1, 0.15) is 25.8 Å². The van der Waals surface area contributed by atoms with E-state index >= 15 is 4.39 Å². The van der Waals surface area contributed by atoms with Gasteiger partial charge in [0.1, 0.15) is 11.7 Å². The topological polar surface area (TPSA) is 157 Å². The Kier molecular flexibility index (Phi) is 6.25. The van der Waals surface area contributed by atoms with Crippen molar-refractivity contribution in [1.29, 1.82) is 0 Å². The van der Waals surface area contributed by atoms with Crippen molar-refractivity contribution in [3.8, 4) is 0 Å². The first kappa shape index (κ1) is 23.4. The molecule has 29 heavy (non-hydrogen) atoms. The number of halogens is 1. The molecular formula is C15H25B3FN3O7. The van der Waals surface area contributed by atoms with Crippen LogP contribution in [0.25, 0.3) is 0 Å². The number of hydrogen-bond acceptors (Lipinski definition) is 8. The van der Waals surface area contributed by atoms with Crippen LogP contribution < -0.4 is 17.0 Å². The minimum absolute atomic E-state index is 0.174. The van der Waals surface area contributed by atoms with Crippen LogP contribution in [-0.2, 0) is 26.5 Å². The number of aliphatic hydroxyl groups excluding tert-OH is 2. The first-order chi connectivity index (χ1) is 13.2. The van der Waals surface area contributed by atoms with E-state index in [1.165, 1.54) is 23.5 Å². The van der Waals surface area contributed by atoms with Gasteiger partial charge in [0.2, 0.25) is 5.85 Å². The molecule has 158 valence electrons. The Bertz CT molecular complexity index is 908. The fourth-order valence-corrected chi connectivity index (χ4v) is 3.07. The Morgan fingerprint density at radius 3 is 2.66 bits per heavy atom. The Hall–Kier alpha value is -1.89. The van der Waals surface area contributed by atoms with Crippen LogP contribution in [0.2, 0.25) is 0 Å². The molecule has 1 aromatic heterocycles. The van der Waals surface area contributed by atoms with Gasteiger partial charge in [-0.05, 0) is 5.92 Å². The maximum absolute atomic E-state index is 15.8. The number of nitrogens with two attached hydrogens (primary N) is 1. The second-order valence-electron chi connectivity index (χ2n) is 8.25. The van der Waals surface area contributed by atoms with Crippen molar-refractivity contribution >= 4 is 29.5 Å². The average Bonchev–Trinajstić information content (AvgIpc) is 2.84. The first-order valence-corrected chi connectivity index (χ1v) is 9.20. The van der Waals surface area contributed by atoms with Gasteiger partial charge in [-0.1, -0.05) is 13.8 Å². The summed E-state index contributed by atoms with van der Waals surface area (Å²) in [7, 11) is 3.79. The van der Waals surface area contributed by atoms with Crippen molar-refractivity contribution in [3.05, 3.63) is 32.6 Å². The lowest BCUT2D eigenvalue weighted by atomic mass is 9.59. The smallest absolute Gasteiger partial charge is 0.330 e. The molecule has 10 nitrogen and oxygen atoms in total. The fourth-order valence-electron chi connectivity index (χ4n) is 3.07. The molecule has 2 rings (SSSR count). The molecule has 1 saturated heterocycles. The van der Waals surface area contributed by atoms with E-state index in [-0.39, 0.29) is 11.5 Å². The highest BCUT2D eigenvalue weighted by molar-refractivity contribution is 6.40. The van der Waals surface area contributed by atoms with Crippen molar-refractivity contribution in [2.24, 2.45) is 11.7 Å². The van der Waals surface area contributed by atoms with Gasteiger partial charge in [-0.15, -0.1) is 0 Å². The number of aromatic nitrogens is 2. The normalized spacial score (nSPS) is 28.4. The third-order valence-electron chi connectivity index (χ3n) is 5.35. The van der Waals surface area contributed by atoms with E-state index in [1.807, 2.05) is 4.98 Å². The van der Waals surface area contributed by atoms with Crippen molar-refractivity contribution in [1.82, 2.24) is 9.55 Å². The Morgan fingerprint density at radius 2 is 2.14 bits per heavy atom. The predicted octanol–water partition coefficient (Wildman–Crippen LogP) is -4.83. The molecule has 0 bridgehead atoms. The number of hydrogen-bond donors (Lipinski definition) is 4. The number of nitrogens with one attached hydrogen (secondary N) is 1. The molecule has 0 amide bonds. The summed E-state index contributed by atoms with van der Waals surface area (Å²) in [6, 6.07) is -0.982. The van der Waals surface area contributed by atoms with E-state index in [0.29, 0.717) is 0 Å². The number of H-pyrrole nitrogens is 1. The van der Waals surface area contributed by atoms with Gasteiger partial charge in [0.15, 0.2) is 23.5 Å². The molecule has 0 spiro atoms. The summed E-state index contributed by atoms with van der Waals surface area (Å²) in [5, 5.41) is 18.0. The molecule has 1 fully saturated rings. The highest BCUT2D eigenvalue weighted by Gasteiger charge is 2.62. The lowest BCUT2D eigenvalue weighted by Gasteiger charge is -2.39. The van der Waals surface area contributed by atoms with Crippen LogP contribution in [-0.4, -0.2) is 72.7 Å². The van der Waals surface area contributed by atoms with Gasteiger partial charge in [0, 0.05) is 12.6 Å². The van der Waals surface area contributed by atoms with E-state index < -0.39 is 59.3 Å². The molecule has 1 aliphatic heterocycles. The second-order valence-corrected chi connectivity index (χ2v) is 8.25. The van der Waals surface area contributed by atoms with Crippen LogP contribution in [0.15, 0.2) is 15.8 Å². The summed E-state index contributed by atoms with van der Waals surface area (Å²) in [5.41, 5.74) is 1.87. The highest BCUT2D eigenvalue weighted by atomic mass is 19.2. The Morgan fingerprint density at radius 1 is 1.55 bits per heavy atom. The molecule has 0 unspecified atom stereocenters. The molecule has 0 saturated carbocycles. The Balaban J connectivity index is 2.41. The number of alkyl halides is 1. The minimum Gasteiger partial charge on any atom is -0.471 e. The van der Waals surface area contributed by atoms with Gasteiger partial charge in [-0.3, -0.25) is 19.1 Å². The number of carbonyl (C=O) groups is 1. The van der Waals surface area contributed by atoms with E-state index in [9.17, 15) is 24.6 Å². The quantitative estimate of drug-likeness (QED) is 0.269. The largest absolute Gasteiger partial charge is 0.471 e. The molecular weight excluding hydrogens is 386 g/mol. The molecule has 14 heteroatoms. The fraction of sp³-hybridized carbons (Fsp3) is 0.667. The zero-order chi connectivity index (χ0) is 22.4. The van der Waals surface area contributed by atoms with Crippen LogP contribution in [0.5, 0.6) is 0 Å². The van der Waals surface area contributed by atoms with E-state index in [2.05, 4.69) is 0 Å². The van der Waals surface area contributed by atoms with Crippen LogP contribution in [0.4, 0.5) is 4.39 Å². The number of aliphatic hydroxyl groups is 2. The van der Waals surface area contributed by atoms with Gasteiger partial charge in [-0.2, -0.15) is 0 Å². The number of carbonyl (C=O) groups excluding carboxylic acids is 1. The number of rotatable bonds is 6. The maximum Gasteiger partial charge on any atom is 0.330 e. The third-order valence-corrected chi connectivity index (χ3v) is 5.35. The molecule has 0 aromatic carbocycles. The summed E-state index contributed by atoms with van der Waals surface area (Å²) in [4.78, 5) is 38.1. The number of nitrogens with zero attached hydrogens (tertiary/aromatic N) is 1. The molecule has 0 aliphatic carbocycles. The maximum atomic E-state index is 15.8.